The molecule has 0 fully saturated rings. The summed E-state index contributed by atoms with van der Waals surface area (Å²) in [5.74, 6) is -0.511. The Kier molecular flexibility index (Phi) is 4.78. The van der Waals surface area contributed by atoms with E-state index in [2.05, 4.69) is 4.74 Å². The van der Waals surface area contributed by atoms with Gasteiger partial charge in [0.25, 0.3) is 0 Å². The summed E-state index contributed by atoms with van der Waals surface area (Å²) in [6, 6.07) is 13.3. The number of nitrogens with zero attached hydrogens (tertiary/aromatic N) is 1. The van der Waals surface area contributed by atoms with E-state index >= 15 is 0 Å². The van der Waals surface area contributed by atoms with Crippen LogP contribution in [0, 0.1) is 0 Å². The first-order chi connectivity index (χ1) is 10.5. The van der Waals surface area contributed by atoms with Gasteiger partial charge in [-0.2, -0.15) is 0 Å². The third-order valence-corrected chi connectivity index (χ3v) is 3.11. The van der Waals surface area contributed by atoms with Crippen LogP contribution in [0.3, 0.4) is 0 Å². The quantitative estimate of drug-likeness (QED) is 0.642. The Morgan fingerprint density at radius 2 is 1.32 bits per heavy atom. The second-order valence-corrected chi connectivity index (χ2v) is 4.85. The van der Waals surface area contributed by atoms with Crippen molar-refractivity contribution < 1.29 is 19.1 Å². The van der Waals surface area contributed by atoms with Crippen molar-refractivity contribution in [1.82, 2.24) is 0 Å². The van der Waals surface area contributed by atoms with Crippen molar-refractivity contribution in [1.29, 1.82) is 0 Å². The number of methoxy groups -OCH3 is 1. The number of carbonyl (C=O) groups is 2. The van der Waals surface area contributed by atoms with E-state index in [0.29, 0.717) is 16.9 Å². The Labute approximate surface area is 129 Å². The lowest BCUT2D eigenvalue weighted by Crippen LogP contribution is -2.11. The molecule has 0 aliphatic rings. The maximum atomic E-state index is 12.0. The Morgan fingerprint density at radius 3 is 1.82 bits per heavy atom. The van der Waals surface area contributed by atoms with Gasteiger partial charge in [0.15, 0.2) is 0 Å². The summed E-state index contributed by atoms with van der Waals surface area (Å²) in [5, 5.41) is 0. The van der Waals surface area contributed by atoms with E-state index in [1.807, 2.05) is 31.1 Å². The van der Waals surface area contributed by atoms with E-state index in [4.69, 9.17) is 4.74 Å². The smallest absolute Gasteiger partial charge is 0.343 e. The van der Waals surface area contributed by atoms with Crippen LogP contribution in [0.4, 0.5) is 5.69 Å². The fourth-order valence-corrected chi connectivity index (χ4v) is 1.84. The molecule has 5 nitrogen and oxygen atoms in total. The summed E-state index contributed by atoms with van der Waals surface area (Å²) in [7, 11) is 5.17. The summed E-state index contributed by atoms with van der Waals surface area (Å²) < 4.78 is 9.87. The van der Waals surface area contributed by atoms with Crippen molar-refractivity contribution in [2.75, 3.05) is 26.1 Å². The number of hydrogen-bond donors (Lipinski definition) is 0. The van der Waals surface area contributed by atoms with Gasteiger partial charge in [0.2, 0.25) is 0 Å². The molecular weight excluding hydrogens is 282 g/mol. The van der Waals surface area contributed by atoms with Crippen LogP contribution in [0.2, 0.25) is 0 Å². The highest BCUT2D eigenvalue weighted by molar-refractivity contribution is 5.92. The van der Waals surface area contributed by atoms with Crippen LogP contribution in [-0.4, -0.2) is 33.1 Å². The van der Waals surface area contributed by atoms with Crippen molar-refractivity contribution in [2.24, 2.45) is 0 Å². The molecule has 0 aromatic heterocycles. The molecule has 0 N–H and O–H groups in total. The Hall–Kier alpha value is -2.82. The van der Waals surface area contributed by atoms with E-state index < -0.39 is 11.9 Å². The number of benzene rings is 2. The van der Waals surface area contributed by atoms with Gasteiger partial charge >= 0.3 is 11.9 Å². The fourth-order valence-electron chi connectivity index (χ4n) is 1.84. The van der Waals surface area contributed by atoms with Crippen LogP contribution in [0.15, 0.2) is 48.5 Å². The molecular formula is C17H17NO4. The average molecular weight is 299 g/mol. The molecule has 0 aliphatic carbocycles. The highest BCUT2D eigenvalue weighted by Gasteiger charge is 2.10. The van der Waals surface area contributed by atoms with Gasteiger partial charge in [-0.15, -0.1) is 0 Å². The number of carbonyl (C=O) groups excluding carboxylic acids is 2. The third kappa shape index (κ3) is 3.63. The maximum Gasteiger partial charge on any atom is 0.343 e. The molecule has 0 saturated carbocycles. The predicted molar refractivity (Wildman–Crippen MR) is 83.5 cm³/mol. The summed E-state index contributed by atoms with van der Waals surface area (Å²) in [6.45, 7) is 0. The van der Waals surface area contributed by atoms with Crippen LogP contribution in [-0.2, 0) is 4.74 Å². The van der Waals surface area contributed by atoms with Gasteiger partial charge in [0, 0.05) is 19.8 Å². The van der Waals surface area contributed by atoms with E-state index in [9.17, 15) is 9.59 Å². The van der Waals surface area contributed by atoms with Crippen LogP contribution >= 0.6 is 0 Å². The number of ether oxygens (including phenoxy) is 2. The number of esters is 2. The molecule has 114 valence electrons. The van der Waals surface area contributed by atoms with Gasteiger partial charge in [0.05, 0.1) is 18.2 Å². The topological polar surface area (TPSA) is 55.8 Å². The lowest BCUT2D eigenvalue weighted by atomic mass is 10.2. The molecule has 0 unspecified atom stereocenters. The van der Waals surface area contributed by atoms with Crippen molar-refractivity contribution in [3.63, 3.8) is 0 Å². The summed E-state index contributed by atoms with van der Waals surface area (Å²) in [4.78, 5) is 25.3. The largest absolute Gasteiger partial charge is 0.465 e. The first kappa shape index (κ1) is 15.6. The van der Waals surface area contributed by atoms with E-state index in [-0.39, 0.29) is 0 Å². The normalized spacial score (nSPS) is 9.95. The van der Waals surface area contributed by atoms with E-state index in [0.717, 1.165) is 5.69 Å². The maximum absolute atomic E-state index is 12.0. The van der Waals surface area contributed by atoms with E-state index in [1.165, 1.54) is 7.11 Å². The molecule has 0 saturated heterocycles. The molecule has 2 aromatic rings. The second-order valence-electron chi connectivity index (χ2n) is 4.85. The van der Waals surface area contributed by atoms with Crippen molar-refractivity contribution in [3.8, 4) is 5.75 Å². The summed E-state index contributed by atoms with van der Waals surface area (Å²) in [6.07, 6.45) is 0. The van der Waals surface area contributed by atoms with Gasteiger partial charge in [-0.25, -0.2) is 9.59 Å². The molecule has 5 heteroatoms. The zero-order valence-corrected chi connectivity index (χ0v) is 12.7. The average Bonchev–Trinajstić information content (AvgIpc) is 2.54. The first-order valence-electron chi connectivity index (χ1n) is 6.69. The van der Waals surface area contributed by atoms with Crippen LogP contribution in [0.1, 0.15) is 20.7 Å². The Bertz CT molecular complexity index is 660. The molecule has 2 aromatic carbocycles. The highest BCUT2D eigenvalue weighted by Crippen LogP contribution is 2.17. The van der Waals surface area contributed by atoms with Gasteiger partial charge < -0.3 is 14.4 Å². The predicted octanol–water partition coefficient (Wildman–Crippen LogP) is 2.76. The standard InChI is InChI=1S/C17H17NO4/c1-18(2)14-8-4-13(5-9-14)17(20)22-15-10-6-12(7-11-15)16(19)21-3/h4-11H,1-3H3. The minimum atomic E-state index is -0.448. The monoisotopic (exact) mass is 299 g/mol. The van der Waals surface area contributed by atoms with Gasteiger partial charge in [-0.1, -0.05) is 0 Å². The number of rotatable bonds is 4. The molecule has 22 heavy (non-hydrogen) atoms. The van der Waals surface area contributed by atoms with Crippen molar-refractivity contribution in [3.05, 3.63) is 59.7 Å². The molecule has 0 spiro atoms. The molecule has 0 bridgehead atoms. The Morgan fingerprint density at radius 1 is 0.818 bits per heavy atom. The molecule has 0 heterocycles. The van der Waals surface area contributed by atoms with Crippen LogP contribution < -0.4 is 9.64 Å². The zero-order chi connectivity index (χ0) is 16.1. The lowest BCUT2D eigenvalue weighted by molar-refractivity contribution is 0.0600. The SMILES string of the molecule is COC(=O)c1ccc(OC(=O)c2ccc(N(C)C)cc2)cc1. The molecule has 0 amide bonds. The number of hydrogen-bond acceptors (Lipinski definition) is 5. The van der Waals surface area contributed by atoms with Gasteiger partial charge in [0.1, 0.15) is 5.75 Å². The molecule has 2 rings (SSSR count). The summed E-state index contributed by atoms with van der Waals surface area (Å²) >= 11 is 0. The molecule has 0 radical (unpaired) electrons. The van der Waals surface area contributed by atoms with Gasteiger partial charge in [-0.3, -0.25) is 0 Å². The Balaban J connectivity index is 2.06. The first-order valence-corrected chi connectivity index (χ1v) is 6.69. The minimum Gasteiger partial charge on any atom is -0.465 e. The minimum absolute atomic E-state index is 0.370. The second kappa shape index (κ2) is 6.76. The summed E-state index contributed by atoms with van der Waals surface area (Å²) in [5.41, 5.74) is 1.86. The number of anilines is 1. The molecule has 0 aliphatic heterocycles. The fraction of sp³-hybridized carbons (Fsp3) is 0.176. The van der Waals surface area contributed by atoms with Crippen LogP contribution in [0.25, 0.3) is 0 Å². The van der Waals surface area contributed by atoms with Crippen molar-refractivity contribution >= 4 is 17.6 Å². The molecule has 0 atom stereocenters. The van der Waals surface area contributed by atoms with E-state index in [1.54, 1.807) is 36.4 Å². The highest BCUT2D eigenvalue weighted by atomic mass is 16.5. The van der Waals surface area contributed by atoms with Gasteiger partial charge in [-0.05, 0) is 48.5 Å². The van der Waals surface area contributed by atoms with Crippen molar-refractivity contribution in [2.45, 2.75) is 0 Å². The van der Waals surface area contributed by atoms with Crippen LogP contribution in [0.5, 0.6) is 5.75 Å². The third-order valence-electron chi connectivity index (χ3n) is 3.11. The lowest BCUT2D eigenvalue weighted by Gasteiger charge is -2.12. The zero-order valence-electron chi connectivity index (χ0n) is 12.7.